The maximum Gasteiger partial charge on any atom is 0.0540 e. The molecule has 1 nitrogen and oxygen atoms in total. The highest BCUT2D eigenvalue weighted by Gasteiger charge is 2.22. The molecule has 2 heteroatoms. The highest BCUT2D eigenvalue weighted by Crippen LogP contribution is 2.20. The second kappa shape index (κ2) is 3.92. The number of nitrogens with one attached hydrogen (secondary N) is 1. The number of hydrogen-bond donors (Lipinski definition) is 1. The Hall–Kier alpha value is -0.530. The standard InChI is InChI=1S/C10H14ClN/c1-10(8-11,12-2)9-6-4-3-5-7-9/h3-7,12H,8H2,1-2H3. The van der Waals surface area contributed by atoms with Crippen molar-refractivity contribution in [2.75, 3.05) is 12.9 Å². The molecule has 0 bridgehead atoms. The van der Waals surface area contributed by atoms with Gasteiger partial charge in [-0.25, -0.2) is 0 Å². The van der Waals surface area contributed by atoms with Gasteiger partial charge in [-0.15, -0.1) is 11.6 Å². The second-order valence-corrected chi connectivity index (χ2v) is 3.35. The van der Waals surface area contributed by atoms with Crippen molar-refractivity contribution in [1.82, 2.24) is 5.32 Å². The second-order valence-electron chi connectivity index (χ2n) is 3.08. The van der Waals surface area contributed by atoms with Crippen LogP contribution in [0.1, 0.15) is 12.5 Å². The van der Waals surface area contributed by atoms with E-state index < -0.39 is 0 Å². The number of benzene rings is 1. The molecular weight excluding hydrogens is 170 g/mol. The molecule has 1 N–H and O–H groups in total. The summed E-state index contributed by atoms with van der Waals surface area (Å²) >= 11 is 5.88. The van der Waals surface area contributed by atoms with E-state index in [-0.39, 0.29) is 5.54 Å². The van der Waals surface area contributed by atoms with Gasteiger partial charge in [-0.2, -0.15) is 0 Å². The smallest absolute Gasteiger partial charge is 0.0540 e. The van der Waals surface area contributed by atoms with E-state index in [9.17, 15) is 0 Å². The van der Waals surface area contributed by atoms with Gasteiger partial charge >= 0.3 is 0 Å². The summed E-state index contributed by atoms with van der Waals surface area (Å²) in [7, 11) is 1.93. The lowest BCUT2D eigenvalue weighted by atomic mass is 9.95. The maximum absolute atomic E-state index is 5.88. The van der Waals surface area contributed by atoms with E-state index in [1.54, 1.807) is 0 Å². The topological polar surface area (TPSA) is 12.0 Å². The molecule has 0 fully saturated rings. The fourth-order valence-corrected chi connectivity index (χ4v) is 1.38. The average molecular weight is 184 g/mol. The first-order chi connectivity index (χ1) is 5.73. The minimum absolute atomic E-state index is 0.108. The van der Waals surface area contributed by atoms with Crippen molar-refractivity contribution < 1.29 is 0 Å². The third kappa shape index (κ3) is 1.79. The van der Waals surface area contributed by atoms with Crippen LogP contribution in [0.15, 0.2) is 30.3 Å². The van der Waals surface area contributed by atoms with Crippen LogP contribution >= 0.6 is 11.6 Å². The van der Waals surface area contributed by atoms with E-state index in [4.69, 9.17) is 11.6 Å². The van der Waals surface area contributed by atoms with E-state index in [0.29, 0.717) is 5.88 Å². The van der Waals surface area contributed by atoms with E-state index in [1.807, 2.05) is 25.2 Å². The van der Waals surface area contributed by atoms with E-state index in [0.717, 1.165) is 0 Å². The Morgan fingerprint density at radius 1 is 1.33 bits per heavy atom. The molecule has 1 unspecified atom stereocenters. The molecule has 1 atom stereocenters. The Kier molecular flexibility index (Phi) is 3.12. The van der Waals surface area contributed by atoms with Crippen LogP contribution in [-0.4, -0.2) is 12.9 Å². The lowest BCUT2D eigenvalue weighted by molar-refractivity contribution is 0.451. The summed E-state index contributed by atoms with van der Waals surface area (Å²) in [5.74, 6) is 0.577. The normalized spacial score (nSPS) is 15.6. The van der Waals surface area contributed by atoms with Crippen molar-refractivity contribution in [3.8, 4) is 0 Å². The van der Waals surface area contributed by atoms with Gasteiger partial charge in [0.2, 0.25) is 0 Å². The predicted molar refractivity (Wildman–Crippen MR) is 53.6 cm³/mol. The molecular formula is C10H14ClN. The van der Waals surface area contributed by atoms with Crippen molar-refractivity contribution in [1.29, 1.82) is 0 Å². The molecule has 0 aromatic heterocycles. The lowest BCUT2D eigenvalue weighted by Crippen LogP contribution is -2.38. The summed E-state index contributed by atoms with van der Waals surface area (Å²) in [5, 5.41) is 3.21. The van der Waals surface area contributed by atoms with E-state index in [1.165, 1.54) is 5.56 Å². The number of rotatable bonds is 3. The summed E-state index contributed by atoms with van der Waals surface area (Å²) in [4.78, 5) is 0. The molecule has 0 aliphatic carbocycles. The summed E-state index contributed by atoms with van der Waals surface area (Å²) < 4.78 is 0. The van der Waals surface area contributed by atoms with Crippen LogP contribution < -0.4 is 5.32 Å². The van der Waals surface area contributed by atoms with Gasteiger partial charge < -0.3 is 5.32 Å². The molecule has 0 spiro atoms. The fourth-order valence-electron chi connectivity index (χ4n) is 1.09. The van der Waals surface area contributed by atoms with E-state index in [2.05, 4.69) is 24.4 Å². The van der Waals surface area contributed by atoms with Gasteiger partial charge in [0.1, 0.15) is 0 Å². The first kappa shape index (κ1) is 9.56. The number of halogens is 1. The van der Waals surface area contributed by atoms with Gasteiger partial charge in [0.05, 0.1) is 5.54 Å². The van der Waals surface area contributed by atoms with Crippen molar-refractivity contribution in [3.63, 3.8) is 0 Å². The number of hydrogen-bond acceptors (Lipinski definition) is 1. The molecule has 0 aliphatic heterocycles. The molecule has 0 saturated carbocycles. The monoisotopic (exact) mass is 183 g/mol. The van der Waals surface area contributed by atoms with Crippen LogP contribution in [0.5, 0.6) is 0 Å². The Labute approximate surface area is 78.7 Å². The molecule has 12 heavy (non-hydrogen) atoms. The third-order valence-corrected chi connectivity index (χ3v) is 2.76. The molecule has 0 aliphatic rings. The van der Waals surface area contributed by atoms with Crippen LogP contribution in [0.4, 0.5) is 0 Å². The molecule has 0 radical (unpaired) electrons. The minimum atomic E-state index is -0.108. The van der Waals surface area contributed by atoms with Gasteiger partial charge in [0.15, 0.2) is 0 Å². The summed E-state index contributed by atoms with van der Waals surface area (Å²) in [6.45, 7) is 2.09. The first-order valence-corrected chi connectivity index (χ1v) is 4.57. The molecule has 66 valence electrons. The van der Waals surface area contributed by atoms with Crippen molar-refractivity contribution >= 4 is 11.6 Å². The van der Waals surface area contributed by atoms with Gasteiger partial charge in [0, 0.05) is 5.88 Å². The molecule has 0 amide bonds. The number of alkyl halides is 1. The zero-order chi connectivity index (χ0) is 9.03. The summed E-state index contributed by atoms with van der Waals surface area (Å²) in [6.07, 6.45) is 0. The highest BCUT2D eigenvalue weighted by atomic mass is 35.5. The average Bonchev–Trinajstić information content (AvgIpc) is 2.18. The zero-order valence-corrected chi connectivity index (χ0v) is 8.23. The highest BCUT2D eigenvalue weighted by molar-refractivity contribution is 6.18. The molecule has 1 rings (SSSR count). The van der Waals surface area contributed by atoms with Gasteiger partial charge in [-0.3, -0.25) is 0 Å². The Morgan fingerprint density at radius 2 is 1.92 bits per heavy atom. The van der Waals surface area contributed by atoms with Crippen molar-refractivity contribution in [2.45, 2.75) is 12.5 Å². The quantitative estimate of drug-likeness (QED) is 0.710. The Morgan fingerprint density at radius 3 is 2.33 bits per heavy atom. The predicted octanol–water partition coefficient (Wildman–Crippen LogP) is 2.36. The molecule has 1 aromatic carbocycles. The van der Waals surface area contributed by atoms with Crippen LogP contribution in [0.25, 0.3) is 0 Å². The van der Waals surface area contributed by atoms with Crippen molar-refractivity contribution in [2.24, 2.45) is 0 Å². The molecule has 0 heterocycles. The SMILES string of the molecule is CNC(C)(CCl)c1ccccc1. The van der Waals surface area contributed by atoms with Gasteiger partial charge in [0.25, 0.3) is 0 Å². The van der Waals surface area contributed by atoms with Gasteiger partial charge in [-0.05, 0) is 19.5 Å². The lowest BCUT2D eigenvalue weighted by Gasteiger charge is -2.27. The van der Waals surface area contributed by atoms with Crippen LogP contribution in [0.3, 0.4) is 0 Å². The first-order valence-electron chi connectivity index (χ1n) is 4.03. The molecule has 0 saturated heterocycles. The summed E-state index contributed by atoms with van der Waals surface area (Å²) in [5.41, 5.74) is 1.12. The van der Waals surface area contributed by atoms with Crippen LogP contribution in [0, 0.1) is 0 Å². The van der Waals surface area contributed by atoms with Crippen molar-refractivity contribution in [3.05, 3.63) is 35.9 Å². The third-order valence-electron chi connectivity index (χ3n) is 2.23. The largest absolute Gasteiger partial charge is 0.310 e. The Bertz CT molecular complexity index is 229. The Balaban J connectivity index is 2.95. The fraction of sp³-hybridized carbons (Fsp3) is 0.400. The van der Waals surface area contributed by atoms with E-state index >= 15 is 0 Å². The van der Waals surface area contributed by atoms with Crippen LogP contribution in [-0.2, 0) is 5.54 Å². The van der Waals surface area contributed by atoms with Gasteiger partial charge in [-0.1, -0.05) is 30.3 Å². The summed E-state index contributed by atoms with van der Waals surface area (Å²) in [6, 6.07) is 10.2. The van der Waals surface area contributed by atoms with Crippen LogP contribution in [0.2, 0.25) is 0 Å². The maximum atomic E-state index is 5.88. The minimum Gasteiger partial charge on any atom is -0.310 e. The zero-order valence-electron chi connectivity index (χ0n) is 7.47. The molecule has 1 aromatic rings.